The number of hydrogen-bond acceptors (Lipinski definition) is 2. The van der Waals surface area contributed by atoms with Gasteiger partial charge >= 0.3 is 0 Å². The van der Waals surface area contributed by atoms with Gasteiger partial charge in [0.2, 0.25) is 0 Å². The van der Waals surface area contributed by atoms with Gasteiger partial charge in [0.1, 0.15) is 0 Å². The highest BCUT2D eigenvalue weighted by atomic mass is 19.1. The minimum absolute atomic E-state index is 0.302. The van der Waals surface area contributed by atoms with Crippen molar-refractivity contribution >= 4 is 5.69 Å². The molecule has 0 spiro atoms. The molecule has 0 atom stereocenters. The highest BCUT2D eigenvalue weighted by Crippen LogP contribution is 2.27. The minimum atomic E-state index is -0.311. The van der Waals surface area contributed by atoms with E-state index in [2.05, 4.69) is 5.32 Å². The fourth-order valence-corrected chi connectivity index (χ4v) is 2.49. The second kappa shape index (κ2) is 5.89. The molecular formula is C14H20FNO. The molecule has 0 saturated heterocycles. The number of rotatable bonds is 5. The number of halogens is 1. The maximum Gasteiger partial charge on any atom is 0.165 e. The lowest BCUT2D eigenvalue weighted by atomic mass is 10.0. The van der Waals surface area contributed by atoms with Crippen LogP contribution in [0.25, 0.3) is 0 Å². The van der Waals surface area contributed by atoms with E-state index in [0.717, 1.165) is 18.2 Å². The second-order valence-electron chi connectivity index (χ2n) is 4.72. The van der Waals surface area contributed by atoms with Crippen LogP contribution in [0.3, 0.4) is 0 Å². The molecule has 17 heavy (non-hydrogen) atoms. The molecule has 1 aromatic carbocycles. The number of nitrogens with one attached hydrogen (secondary N) is 1. The average Bonchev–Trinajstić information content (AvgIpc) is 2.84. The van der Waals surface area contributed by atoms with E-state index in [1.165, 1.54) is 45.3 Å². The molecule has 3 heteroatoms. The Morgan fingerprint density at radius 3 is 2.82 bits per heavy atom. The molecule has 94 valence electrons. The molecule has 1 saturated carbocycles. The zero-order valence-corrected chi connectivity index (χ0v) is 10.3. The molecule has 0 aliphatic heterocycles. The summed E-state index contributed by atoms with van der Waals surface area (Å²) in [4.78, 5) is 0. The Balaban J connectivity index is 1.81. The van der Waals surface area contributed by atoms with E-state index in [1.807, 2.05) is 0 Å². The quantitative estimate of drug-likeness (QED) is 0.840. The number of methoxy groups -OCH3 is 1. The Kier molecular flexibility index (Phi) is 4.24. The summed E-state index contributed by atoms with van der Waals surface area (Å²) in [7, 11) is 1.49. The van der Waals surface area contributed by atoms with Crippen LogP contribution in [0.2, 0.25) is 0 Å². The van der Waals surface area contributed by atoms with Crippen LogP contribution in [0.4, 0.5) is 10.1 Å². The highest BCUT2D eigenvalue weighted by Gasteiger charge is 2.14. The number of benzene rings is 1. The standard InChI is InChI=1S/C14H20FNO/c1-17-14-10-12(6-7-13(14)15)16-9-8-11-4-2-3-5-11/h6-7,10-11,16H,2-5,8-9H2,1H3. The van der Waals surface area contributed by atoms with Crippen LogP contribution in [0.5, 0.6) is 5.75 Å². The van der Waals surface area contributed by atoms with E-state index in [0.29, 0.717) is 5.75 Å². The van der Waals surface area contributed by atoms with E-state index < -0.39 is 0 Å². The first-order valence-electron chi connectivity index (χ1n) is 6.37. The van der Waals surface area contributed by atoms with E-state index in [1.54, 1.807) is 12.1 Å². The molecule has 0 bridgehead atoms. The Hall–Kier alpha value is -1.25. The summed E-state index contributed by atoms with van der Waals surface area (Å²) in [6.07, 6.45) is 6.71. The van der Waals surface area contributed by atoms with Crippen molar-refractivity contribution in [2.75, 3.05) is 19.0 Å². The fraction of sp³-hybridized carbons (Fsp3) is 0.571. The van der Waals surface area contributed by atoms with Gasteiger partial charge in [-0.15, -0.1) is 0 Å². The number of ether oxygens (including phenoxy) is 1. The third-order valence-electron chi connectivity index (χ3n) is 3.51. The Labute approximate surface area is 102 Å². The van der Waals surface area contributed by atoms with Crippen LogP contribution >= 0.6 is 0 Å². The van der Waals surface area contributed by atoms with Crippen LogP contribution in [0.15, 0.2) is 18.2 Å². The van der Waals surface area contributed by atoms with Crippen LogP contribution in [0, 0.1) is 11.7 Å². The molecule has 2 nitrogen and oxygen atoms in total. The summed E-state index contributed by atoms with van der Waals surface area (Å²) in [6, 6.07) is 4.91. The van der Waals surface area contributed by atoms with Crippen LogP contribution in [0.1, 0.15) is 32.1 Å². The average molecular weight is 237 g/mol. The molecule has 0 heterocycles. The summed E-state index contributed by atoms with van der Waals surface area (Å²) in [5.41, 5.74) is 0.932. The molecule has 1 N–H and O–H groups in total. The normalized spacial score (nSPS) is 16.1. The first-order chi connectivity index (χ1) is 8.29. The van der Waals surface area contributed by atoms with Crippen LogP contribution < -0.4 is 10.1 Å². The molecule has 1 fully saturated rings. The van der Waals surface area contributed by atoms with Crippen molar-refractivity contribution in [2.45, 2.75) is 32.1 Å². The minimum Gasteiger partial charge on any atom is -0.494 e. The summed E-state index contributed by atoms with van der Waals surface area (Å²) >= 11 is 0. The first kappa shape index (κ1) is 12.2. The van der Waals surface area contributed by atoms with Gasteiger partial charge in [0.25, 0.3) is 0 Å². The van der Waals surface area contributed by atoms with Gasteiger partial charge in [-0.2, -0.15) is 0 Å². The predicted octanol–water partition coefficient (Wildman–Crippen LogP) is 3.83. The Morgan fingerprint density at radius 1 is 1.35 bits per heavy atom. The van der Waals surface area contributed by atoms with Crippen molar-refractivity contribution in [3.8, 4) is 5.75 Å². The van der Waals surface area contributed by atoms with Crippen molar-refractivity contribution < 1.29 is 9.13 Å². The van der Waals surface area contributed by atoms with Crippen molar-refractivity contribution in [1.82, 2.24) is 0 Å². The van der Waals surface area contributed by atoms with E-state index in [9.17, 15) is 4.39 Å². The molecule has 0 amide bonds. The molecule has 1 aromatic rings. The van der Waals surface area contributed by atoms with Gasteiger partial charge in [-0.3, -0.25) is 0 Å². The van der Waals surface area contributed by atoms with E-state index in [4.69, 9.17) is 4.74 Å². The van der Waals surface area contributed by atoms with E-state index in [-0.39, 0.29) is 5.82 Å². The first-order valence-corrected chi connectivity index (χ1v) is 6.37. The van der Waals surface area contributed by atoms with Gasteiger partial charge in [0.05, 0.1) is 7.11 Å². The topological polar surface area (TPSA) is 21.3 Å². The third kappa shape index (κ3) is 3.35. The Bertz CT molecular complexity index is 361. The summed E-state index contributed by atoms with van der Waals surface area (Å²) in [6.45, 7) is 0.958. The molecule has 0 radical (unpaired) electrons. The molecular weight excluding hydrogens is 217 g/mol. The Morgan fingerprint density at radius 2 is 2.12 bits per heavy atom. The zero-order valence-electron chi connectivity index (χ0n) is 10.3. The predicted molar refractivity (Wildman–Crippen MR) is 68.0 cm³/mol. The SMILES string of the molecule is COc1cc(NCCC2CCCC2)ccc1F. The third-order valence-corrected chi connectivity index (χ3v) is 3.51. The molecule has 1 aliphatic rings. The number of hydrogen-bond donors (Lipinski definition) is 1. The summed E-state index contributed by atoms with van der Waals surface area (Å²) in [5, 5.41) is 3.33. The van der Waals surface area contributed by atoms with Gasteiger partial charge in [-0.05, 0) is 24.5 Å². The van der Waals surface area contributed by atoms with Crippen molar-refractivity contribution in [3.63, 3.8) is 0 Å². The largest absolute Gasteiger partial charge is 0.494 e. The molecule has 1 aliphatic carbocycles. The lowest BCUT2D eigenvalue weighted by Gasteiger charge is -2.11. The van der Waals surface area contributed by atoms with Crippen molar-refractivity contribution in [3.05, 3.63) is 24.0 Å². The van der Waals surface area contributed by atoms with Crippen molar-refractivity contribution in [2.24, 2.45) is 5.92 Å². The van der Waals surface area contributed by atoms with Gasteiger partial charge in [0, 0.05) is 18.3 Å². The lowest BCUT2D eigenvalue weighted by Crippen LogP contribution is -2.06. The fourth-order valence-electron chi connectivity index (χ4n) is 2.49. The smallest absolute Gasteiger partial charge is 0.165 e. The maximum absolute atomic E-state index is 13.2. The number of anilines is 1. The summed E-state index contributed by atoms with van der Waals surface area (Å²) in [5.74, 6) is 0.870. The van der Waals surface area contributed by atoms with Gasteiger partial charge in [0.15, 0.2) is 11.6 Å². The van der Waals surface area contributed by atoms with Gasteiger partial charge in [-0.25, -0.2) is 4.39 Å². The van der Waals surface area contributed by atoms with Gasteiger partial charge in [-0.1, -0.05) is 25.7 Å². The maximum atomic E-state index is 13.2. The molecule has 2 rings (SSSR count). The highest BCUT2D eigenvalue weighted by molar-refractivity contribution is 5.48. The zero-order chi connectivity index (χ0) is 12.1. The van der Waals surface area contributed by atoms with Crippen molar-refractivity contribution in [1.29, 1.82) is 0 Å². The van der Waals surface area contributed by atoms with E-state index >= 15 is 0 Å². The molecule has 0 unspecified atom stereocenters. The lowest BCUT2D eigenvalue weighted by molar-refractivity contribution is 0.387. The summed E-state index contributed by atoms with van der Waals surface area (Å²) < 4.78 is 18.1. The van der Waals surface area contributed by atoms with Crippen LogP contribution in [-0.4, -0.2) is 13.7 Å². The monoisotopic (exact) mass is 237 g/mol. The molecule has 0 aromatic heterocycles. The van der Waals surface area contributed by atoms with Gasteiger partial charge < -0.3 is 10.1 Å². The second-order valence-corrected chi connectivity index (χ2v) is 4.72. The van der Waals surface area contributed by atoms with Crippen LogP contribution in [-0.2, 0) is 0 Å².